The Morgan fingerprint density at radius 1 is 1.22 bits per heavy atom. The van der Waals surface area contributed by atoms with E-state index in [0.29, 0.717) is 18.1 Å². The number of benzene rings is 1. The maximum absolute atomic E-state index is 12.2. The van der Waals surface area contributed by atoms with Gasteiger partial charge in [0.1, 0.15) is 19.0 Å². The van der Waals surface area contributed by atoms with Crippen molar-refractivity contribution in [3.05, 3.63) is 54.3 Å². The van der Waals surface area contributed by atoms with Crippen LogP contribution < -0.4 is 9.47 Å². The second-order valence-corrected chi connectivity index (χ2v) is 7.63. The Bertz CT molecular complexity index is 916. The molecule has 0 amide bonds. The topological polar surface area (TPSA) is 95.3 Å². The second kappa shape index (κ2) is 8.74. The first-order chi connectivity index (χ1) is 12.8. The third-order valence-electron chi connectivity index (χ3n) is 3.47. The lowest BCUT2D eigenvalue weighted by Gasteiger charge is -2.11. The zero-order valence-corrected chi connectivity index (χ0v) is 16.1. The number of nitrogens with zero attached hydrogens (tertiary/aromatic N) is 1. The first kappa shape index (κ1) is 20.5. The molecule has 0 N–H and O–H groups in total. The van der Waals surface area contributed by atoms with Crippen LogP contribution in [0.4, 0.5) is 0 Å². The summed E-state index contributed by atoms with van der Waals surface area (Å²) in [7, 11) is 0.572. The molecular formula is C18H21NO7S. The molecule has 0 aliphatic carbocycles. The first-order valence-electron chi connectivity index (χ1n) is 7.89. The summed E-state index contributed by atoms with van der Waals surface area (Å²) in [5, 5.41) is -0.219. The van der Waals surface area contributed by atoms with Gasteiger partial charge in [0, 0.05) is 14.1 Å². The number of ether oxygens (including phenoxy) is 3. The lowest BCUT2D eigenvalue weighted by atomic mass is 10.2. The van der Waals surface area contributed by atoms with Crippen molar-refractivity contribution in [1.82, 2.24) is 4.31 Å². The van der Waals surface area contributed by atoms with Crippen LogP contribution in [0.2, 0.25) is 0 Å². The van der Waals surface area contributed by atoms with Gasteiger partial charge in [-0.15, -0.1) is 0 Å². The first-order valence-corrected chi connectivity index (χ1v) is 9.33. The van der Waals surface area contributed by atoms with Gasteiger partial charge in [0.15, 0.2) is 11.5 Å². The summed E-state index contributed by atoms with van der Waals surface area (Å²) in [6.07, 6.45) is 1.59. The number of esters is 1. The summed E-state index contributed by atoms with van der Waals surface area (Å²) in [6.45, 7) is 3.66. The molecule has 0 atom stereocenters. The van der Waals surface area contributed by atoms with Crippen LogP contribution in [-0.4, -0.2) is 46.5 Å². The van der Waals surface area contributed by atoms with Crippen molar-refractivity contribution < 1.29 is 31.8 Å². The number of hydrogen-bond acceptors (Lipinski definition) is 7. The van der Waals surface area contributed by atoms with Crippen LogP contribution in [0.1, 0.15) is 16.1 Å². The molecule has 0 aliphatic heterocycles. The van der Waals surface area contributed by atoms with E-state index in [1.807, 2.05) is 0 Å². The summed E-state index contributed by atoms with van der Waals surface area (Å²) in [5.74, 6) is 0.445. The summed E-state index contributed by atoms with van der Waals surface area (Å²) in [4.78, 5) is 12.2. The van der Waals surface area contributed by atoms with Crippen molar-refractivity contribution >= 4 is 16.0 Å². The Labute approximate surface area is 158 Å². The van der Waals surface area contributed by atoms with E-state index in [0.717, 1.165) is 4.31 Å². The molecule has 2 rings (SSSR count). The predicted molar refractivity (Wildman–Crippen MR) is 97.4 cm³/mol. The quantitative estimate of drug-likeness (QED) is 0.475. The van der Waals surface area contributed by atoms with Crippen LogP contribution in [-0.2, 0) is 21.4 Å². The highest BCUT2D eigenvalue weighted by Crippen LogP contribution is 2.28. The summed E-state index contributed by atoms with van der Waals surface area (Å²) >= 11 is 0. The fraction of sp³-hybridized carbons (Fsp3) is 0.278. The van der Waals surface area contributed by atoms with E-state index < -0.39 is 16.0 Å². The molecule has 0 saturated carbocycles. The van der Waals surface area contributed by atoms with Gasteiger partial charge in [-0.2, -0.15) is 0 Å². The van der Waals surface area contributed by atoms with Crippen LogP contribution >= 0.6 is 0 Å². The van der Waals surface area contributed by atoms with Crippen LogP contribution in [0.25, 0.3) is 0 Å². The number of furan rings is 1. The highest BCUT2D eigenvalue weighted by atomic mass is 32.2. The molecule has 1 heterocycles. The molecule has 0 saturated heterocycles. The fourth-order valence-corrected chi connectivity index (χ4v) is 2.85. The Balaban J connectivity index is 2.06. The lowest BCUT2D eigenvalue weighted by Crippen LogP contribution is -2.21. The van der Waals surface area contributed by atoms with Crippen molar-refractivity contribution in [2.75, 3.05) is 27.8 Å². The summed E-state index contributed by atoms with van der Waals surface area (Å²) in [5.41, 5.74) is 0.255. The van der Waals surface area contributed by atoms with Gasteiger partial charge in [0.25, 0.3) is 10.0 Å². The molecular weight excluding hydrogens is 374 g/mol. The van der Waals surface area contributed by atoms with E-state index >= 15 is 0 Å². The van der Waals surface area contributed by atoms with Crippen LogP contribution in [0.3, 0.4) is 0 Å². The largest absolute Gasteiger partial charge is 0.493 e. The molecule has 2 aromatic rings. The molecule has 27 heavy (non-hydrogen) atoms. The van der Waals surface area contributed by atoms with E-state index in [1.165, 1.54) is 45.5 Å². The zero-order chi connectivity index (χ0) is 20.0. The number of carbonyl (C=O) groups excluding carboxylic acids is 1. The standard InChI is InChI=1S/C18H21NO7S/c1-5-10-24-15-8-6-13(11-16(15)23-4)18(20)25-12-14-7-9-17(26-14)27(21,22)19(2)3/h5-9,11H,1,10,12H2,2-4H3. The zero-order valence-electron chi connectivity index (χ0n) is 15.3. The van der Waals surface area contributed by atoms with Crippen molar-refractivity contribution in [2.24, 2.45) is 0 Å². The molecule has 0 bridgehead atoms. The minimum absolute atomic E-state index is 0.210. The van der Waals surface area contributed by atoms with Gasteiger partial charge in [0.2, 0.25) is 5.09 Å². The summed E-state index contributed by atoms with van der Waals surface area (Å²) in [6, 6.07) is 7.37. The molecule has 1 aromatic heterocycles. The second-order valence-electron chi connectivity index (χ2n) is 5.55. The highest BCUT2D eigenvalue weighted by Gasteiger charge is 2.22. The van der Waals surface area contributed by atoms with Crippen molar-refractivity contribution in [1.29, 1.82) is 0 Å². The maximum Gasteiger partial charge on any atom is 0.338 e. The van der Waals surface area contributed by atoms with Gasteiger partial charge in [0.05, 0.1) is 12.7 Å². The molecule has 0 aliphatic rings. The third kappa shape index (κ3) is 4.89. The van der Waals surface area contributed by atoms with E-state index in [1.54, 1.807) is 12.1 Å². The molecule has 9 heteroatoms. The summed E-state index contributed by atoms with van der Waals surface area (Å²) < 4.78 is 46.0. The number of methoxy groups -OCH3 is 1. The van der Waals surface area contributed by atoms with E-state index in [-0.39, 0.29) is 23.0 Å². The monoisotopic (exact) mass is 395 g/mol. The SMILES string of the molecule is C=CCOc1ccc(C(=O)OCc2ccc(S(=O)(=O)N(C)C)o2)cc1OC. The van der Waals surface area contributed by atoms with E-state index in [9.17, 15) is 13.2 Å². The minimum atomic E-state index is -3.68. The predicted octanol–water partition coefficient (Wildman–Crippen LogP) is 2.46. The van der Waals surface area contributed by atoms with Crippen LogP contribution in [0.5, 0.6) is 11.5 Å². The number of sulfonamides is 1. The Kier molecular flexibility index (Phi) is 6.65. The average molecular weight is 395 g/mol. The molecule has 8 nitrogen and oxygen atoms in total. The Morgan fingerprint density at radius 2 is 1.96 bits per heavy atom. The van der Waals surface area contributed by atoms with Gasteiger partial charge in [-0.25, -0.2) is 17.5 Å². The maximum atomic E-state index is 12.2. The van der Waals surface area contributed by atoms with Crippen LogP contribution in [0, 0.1) is 0 Å². The van der Waals surface area contributed by atoms with Gasteiger partial charge in [-0.05, 0) is 30.3 Å². The highest BCUT2D eigenvalue weighted by molar-refractivity contribution is 7.88. The van der Waals surface area contributed by atoms with Crippen molar-refractivity contribution in [3.63, 3.8) is 0 Å². The van der Waals surface area contributed by atoms with Gasteiger partial charge >= 0.3 is 5.97 Å². The number of rotatable bonds is 9. The van der Waals surface area contributed by atoms with Gasteiger partial charge < -0.3 is 18.6 Å². The molecule has 146 valence electrons. The van der Waals surface area contributed by atoms with Crippen LogP contribution in [0.15, 0.2) is 52.5 Å². The molecule has 0 fully saturated rings. The lowest BCUT2D eigenvalue weighted by molar-refractivity contribution is 0.0440. The number of carbonyl (C=O) groups is 1. The Hall–Kier alpha value is -2.78. The Morgan fingerprint density at radius 3 is 2.59 bits per heavy atom. The molecule has 0 spiro atoms. The van der Waals surface area contributed by atoms with E-state index in [4.69, 9.17) is 18.6 Å². The number of hydrogen-bond donors (Lipinski definition) is 0. The normalized spacial score (nSPS) is 11.3. The molecule has 0 unspecified atom stereocenters. The van der Waals surface area contributed by atoms with Crippen molar-refractivity contribution in [2.45, 2.75) is 11.7 Å². The van der Waals surface area contributed by atoms with Gasteiger partial charge in [-0.1, -0.05) is 12.7 Å². The third-order valence-corrected chi connectivity index (χ3v) is 5.16. The van der Waals surface area contributed by atoms with E-state index in [2.05, 4.69) is 6.58 Å². The fourth-order valence-electron chi connectivity index (χ4n) is 2.04. The molecule has 1 aromatic carbocycles. The molecule has 0 radical (unpaired) electrons. The smallest absolute Gasteiger partial charge is 0.338 e. The van der Waals surface area contributed by atoms with Crippen molar-refractivity contribution in [3.8, 4) is 11.5 Å². The minimum Gasteiger partial charge on any atom is -0.493 e. The van der Waals surface area contributed by atoms with Gasteiger partial charge in [-0.3, -0.25) is 0 Å². The average Bonchev–Trinajstić information content (AvgIpc) is 3.14.